The number of esters is 1. The van der Waals surface area contributed by atoms with Crippen molar-refractivity contribution in [1.29, 1.82) is 0 Å². The Bertz CT molecular complexity index is 493. The van der Waals surface area contributed by atoms with E-state index in [1.807, 2.05) is 0 Å². The molecule has 0 aliphatic heterocycles. The zero-order valence-electron chi connectivity index (χ0n) is 9.97. The van der Waals surface area contributed by atoms with Gasteiger partial charge in [0.2, 0.25) is 0 Å². The van der Waals surface area contributed by atoms with E-state index < -0.39 is 16.5 Å². The van der Waals surface area contributed by atoms with Gasteiger partial charge in [0.05, 0.1) is 10.5 Å². The molecule has 0 spiro atoms. The lowest BCUT2D eigenvalue weighted by atomic mass is 10.1. The van der Waals surface area contributed by atoms with Gasteiger partial charge in [0.1, 0.15) is 5.60 Å². The van der Waals surface area contributed by atoms with Crippen LogP contribution in [-0.2, 0) is 4.74 Å². The van der Waals surface area contributed by atoms with E-state index in [9.17, 15) is 14.9 Å². The van der Waals surface area contributed by atoms with E-state index in [1.54, 1.807) is 13.8 Å². The smallest absolute Gasteiger partial charge is 0.339 e. The molecule has 1 aromatic carbocycles. The molecule has 0 aliphatic carbocycles. The van der Waals surface area contributed by atoms with Crippen molar-refractivity contribution in [1.82, 2.24) is 0 Å². The number of rotatable bonds is 4. The van der Waals surface area contributed by atoms with Crippen molar-refractivity contribution in [2.24, 2.45) is 0 Å². The van der Waals surface area contributed by atoms with Crippen LogP contribution < -0.4 is 0 Å². The number of hydrogen-bond acceptors (Lipinski definition) is 4. The van der Waals surface area contributed by atoms with Gasteiger partial charge >= 0.3 is 5.97 Å². The second kappa shape index (κ2) is 5.30. The van der Waals surface area contributed by atoms with Crippen LogP contribution in [0.5, 0.6) is 0 Å². The lowest BCUT2D eigenvalue weighted by Gasteiger charge is -2.24. The van der Waals surface area contributed by atoms with Gasteiger partial charge in [0, 0.05) is 16.6 Å². The molecule has 0 saturated carbocycles. The largest absolute Gasteiger partial charge is 0.451 e. The van der Waals surface area contributed by atoms with Gasteiger partial charge in [-0.25, -0.2) is 4.79 Å². The number of hydrogen-bond donors (Lipinski definition) is 0. The van der Waals surface area contributed by atoms with Crippen LogP contribution in [0.1, 0.15) is 24.2 Å². The number of carbonyl (C=O) groups excluding carboxylic acids is 1. The summed E-state index contributed by atoms with van der Waals surface area (Å²) < 4.78 is 5.76. The number of non-ortho nitro benzene ring substituents is 1. The molecule has 0 bridgehead atoms. The monoisotopic (exact) mass is 313 g/mol. The van der Waals surface area contributed by atoms with Gasteiger partial charge in [-0.15, -0.1) is 0 Å². The number of halogens is 1. The SMILES string of the molecule is C=C(Br)C(C)(C)OC(=O)c1ccc([N+](=O)[O-])cc1. The Morgan fingerprint density at radius 3 is 2.28 bits per heavy atom. The summed E-state index contributed by atoms with van der Waals surface area (Å²) in [6.45, 7) is 7.04. The Kier molecular flexibility index (Phi) is 4.24. The van der Waals surface area contributed by atoms with E-state index in [-0.39, 0.29) is 11.3 Å². The predicted octanol–water partition coefficient (Wildman–Crippen LogP) is 3.44. The van der Waals surface area contributed by atoms with Crippen molar-refractivity contribution in [3.8, 4) is 0 Å². The van der Waals surface area contributed by atoms with E-state index >= 15 is 0 Å². The Labute approximate surface area is 113 Å². The van der Waals surface area contributed by atoms with Crippen molar-refractivity contribution < 1.29 is 14.5 Å². The summed E-state index contributed by atoms with van der Waals surface area (Å²) in [5.41, 5.74) is -0.670. The fourth-order valence-corrected chi connectivity index (χ4v) is 1.15. The van der Waals surface area contributed by atoms with E-state index in [1.165, 1.54) is 24.3 Å². The maximum Gasteiger partial charge on any atom is 0.339 e. The minimum Gasteiger partial charge on any atom is -0.451 e. The topological polar surface area (TPSA) is 69.4 Å². The first-order chi connectivity index (χ1) is 8.24. The van der Waals surface area contributed by atoms with Gasteiger partial charge < -0.3 is 4.74 Å². The lowest BCUT2D eigenvalue weighted by molar-refractivity contribution is -0.384. The summed E-state index contributed by atoms with van der Waals surface area (Å²) in [5.74, 6) is -0.560. The number of benzene rings is 1. The minimum atomic E-state index is -0.848. The molecular weight excluding hydrogens is 302 g/mol. The summed E-state index contributed by atoms with van der Waals surface area (Å²) in [5, 5.41) is 10.5. The molecule has 0 saturated heterocycles. The number of nitrogens with zero attached hydrogens (tertiary/aromatic N) is 1. The van der Waals surface area contributed by atoms with Crippen LogP contribution in [-0.4, -0.2) is 16.5 Å². The van der Waals surface area contributed by atoms with Gasteiger partial charge in [-0.1, -0.05) is 22.5 Å². The van der Waals surface area contributed by atoms with Gasteiger partial charge in [-0.2, -0.15) is 0 Å². The molecule has 1 rings (SSSR count). The molecule has 0 N–H and O–H groups in total. The first kappa shape index (κ1) is 14.4. The molecule has 0 aliphatic rings. The molecule has 1 aromatic rings. The van der Waals surface area contributed by atoms with Gasteiger partial charge in [-0.3, -0.25) is 10.1 Å². The zero-order chi connectivity index (χ0) is 13.9. The molecule has 0 heterocycles. The molecule has 18 heavy (non-hydrogen) atoms. The first-order valence-corrected chi connectivity index (χ1v) is 5.86. The van der Waals surface area contributed by atoms with E-state index in [4.69, 9.17) is 4.74 Å². The molecule has 0 aromatic heterocycles. The van der Waals surface area contributed by atoms with Crippen LogP contribution in [0.25, 0.3) is 0 Å². The average molecular weight is 314 g/mol. The zero-order valence-corrected chi connectivity index (χ0v) is 11.6. The molecule has 0 atom stereocenters. The molecule has 0 fully saturated rings. The standard InChI is InChI=1S/C12H12BrNO4/c1-8(13)12(2,3)18-11(15)9-4-6-10(7-5-9)14(16)17/h4-7H,1H2,2-3H3. The molecule has 0 radical (unpaired) electrons. The fraction of sp³-hybridized carbons (Fsp3) is 0.250. The van der Waals surface area contributed by atoms with Gasteiger partial charge in [0.15, 0.2) is 0 Å². The first-order valence-electron chi connectivity index (χ1n) is 5.07. The highest BCUT2D eigenvalue weighted by Gasteiger charge is 2.25. The van der Waals surface area contributed by atoms with E-state index in [2.05, 4.69) is 22.5 Å². The summed E-state index contributed by atoms with van der Waals surface area (Å²) in [6.07, 6.45) is 0. The normalized spacial score (nSPS) is 10.8. The number of nitro benzene ring substituents is 1. The highest BCUT2D eigenvalue weighted by Crippen LogP contribution is 2.25. The Morgan fingerprint density at radius 1 is 1.39 bits per heavy atom. The Morgan fingerprint density at radius 2 is 1.89 bits per heavy atom. The number of nitro groups is 1. The minimum absolute atomic E-state index is 0.0734. The highest BCUT2D eigenvalue weighted by atomic mass is 79.9. The quantitative estimate of drug-likeness (QED) is 0.485. The van der Waals surface area contributed by atoms with E-state index in [0.29, 0.717) is 4.48 Å². The van der Waals surface area contributed by atoms with Crippen molar-refractivity contribution in [3.05, 3.63) is 51.0 Å². The van der Waals surface area contributed by atoms with Crippen LogP contribution in [0.4, 0.5) is 5.69 Å². The number of carbonyl (C=O) groups is 1. The molecule has 0 amide bonds. The van der Waals surface area contributed by atoms with Crippen molar-refractivity contribution in [2.45, 2.75) is 19.4 Å². The molecule has 5 nitrogen and oxygen atoms in total. The van der Waals surface area contributed by atoms with Crippen molar-refractivity contribution >= 4 is 27.6 Å². The second-order valence-electron chi connectivity index (χ2n) is 4.11. The summed E-state index contributed by atoms with van der Waals surface area (Å²) in [4.78, 5) is 21.7. The van der Waals surface area contributed by atoms with Crippen molar-refractivity contribution in [2.75, 3.05) is 0 Å². The van der Waals surface area contributed by atoms with Gasteiger partial charge in [0.25, 0.3) is 5.69 Å². The van der Waals surface area contributed by atoms with Crippen LogP contribution >= 0.6 is 15.9 Å². The van der Waals surface area contributed by atoms with E-state index in [0.717, 1.165) is 0 Å². The molecule has 96 valence electrons. The average Bonchev–Trinajstić information content (AvgIpc) is 2.28. The third-order valence-electron chi connectivity index (χ3n) is 2.31. The predicted molar refractivity (Wildman–Crippen MR) is 70.7 cm³/mol. The van der Waals surface area contributed by atoms with Gasteiger partial charge in [-0.05, 0) is 26.0 Å². The molecule has 0 unspecified atom stereocenters. The second-order valence-corrected chi connectivity index (χ2v) is 5.07. The third kappa shape index (κ3) is 3.40. The maximum atomic E-state index is 11.8. The highest BCUT2D eigenvalue weighted by molar-refractivity contribution is 9.11. The Balaban J connectivity index is 2.86. The van der Waals surface area contributed by atoms with Crippen LogP contribution in [0.3, 0.4) is 0 Å². The summed E-state index contributed by atoms with van der Waals surface area (Å²) in [7, 11) is 0. The van der Waals surface area contributed by atoms with Crippen molar-refractivity contribution in [3.63, 3.8) is 0 Å². The Hall–Kier alpha value is -1.69. The molecule has 6 heteroatoms. The fourth-order valence-electron chi connectivity index (χ4n) is 1.07. The molecular formula is C12H12BrNO4. The third-order valence-corrected chi connectivity index (χ3v) is 3.27. The van der Waals surface area contributed by atoms with Crippen LogP contribution in [0.2, 0.25) is 0 Å². The lowest BCUT2D eigenvalue weighted by Crippen LogP contribution is -2.27. The number of ether oxygens (including phenoxy) is 1. The maximum absolute atomic E-state index is 11.8. The summed E-state index contributed by atoms with van der Waals surface area (Å²) in [6, 6.07) is 5.22. The summed E-state index contributed by atoms with van der Waals surface area (Å²) >= 11 is 3.17. The van der Waals surface area contributed by atoms with Crippen LogP contribution in [0.15, 0.2) is 35.3 Å². The van der Waals surface area contributed by atoms with Crippen LogP contribution in [0, 0.1) is 10.1 Å².